The molecule has 1 aliphatic rings. The maximum atomic E-state index is 13.1. The summed E-state index contributed by atoms with van der Waals surface area (Å²) in [7, 11) is 1.65. The molecule has 1 atom stereocenters. The number of hydrogen-bond acceptors (Lipinski definition) is 3. The van der Waals surface area contributed by atoms with Crippen LogP contribution < -0.4 is 15.5 Å². The van der Waals surface area contributed by atoms with Crippen molar-refractivity contribution in [3.63, 3.8) is 0 Å². The third-order valence-corrected chi connectivity index (χ3v) is 5.58. The lowest BCUT2D eigenvalue weighted by Gasteiger charge is -2.21. The molecule has 1 heterocycles. The maximum Gasteiger partial charge on any atom is 0.321 e. The van der Waals surface area contributed by atoms with Gasteiger partial charge in [-0.15, -0.1) is 0 Å². The molecule has 8 heteroatoms. The van der Waals surface area contributed by atoms with Gasteiger partial charge in [0.1, 0.15) is 0 Å². The number of aliphatic imine (C=N–C) groups is 1. The molecule has 31 heavy (non-hydrogen) atoms. The predicted octanol–water partition coefficient (Wildman–Crippen LogP) is 5.06. The van der Waals surface area contributed by atoms with Gasteiger partial charge in [0.25, 0.3) is 5.91 Å². The molecule has 2 N–H and O–H groups in total. The number of hydrogen-bond donors (Lipinski definition) is 2. The Kier molecular flexibility index (Phi) is 6.06. The van der Waals surface area contributed by atoms with E-state index in [0.29, 0.717) is 27.7 Å². The Morgan fingerprint density at radius 1 is 1.06 bits per heavy atom. The topological polar surface area (TPSA) is 73.8 Å². The molecule has 3 aromatic carbocycles. The van der Waals surface area contributed by atoms with Crippen LogP contribution >= 0.6 is 27.5 Å². The number of nitrogens with one attached hydrogen (secondary N) is 2. The normalized spacial score (nSPS) is 15.6. The second-order valence-corrected chi connectivity index (χ2v) is 8.26. The number of urea groups is 1. The number of likely N-dealkylation sites (N-methyl/N-ethyl adjacent to an activating group) is 1. The van der Waals surface area contributed by atoms with Gasteiger partial charge in [-0.3, -0.25) is 4.79 Å². The first-order valence-electron chi connectivity index (χ1n) is 9.46. The summed E-state index contributed by atoms with van der Waals surface area (Å²) in [6.45, 7) is 0. The summed E-state index contributed by atoms with van der Waals surface area (Å²) >= 11 is 9.60. The fourth-order valence-electron chi connectivity index (χ4n) is 3.29. The van der Waals surface area contributed by atoms with Crippen LogP contribution in [-0.2, 0) is 4.79 Å². The van der Waals surface area contributed by atoms with Crippen LogP contribution in [0.2, 0.25) is 5.02 Å². The SMILES string of the molecule is CN1C(=O)C(NC(=O)Nc2ccc(Br)cc2)N=C(c2ccccc2)c2cc(Cl)ccc21. The number of anilines is 2. The standard InChI is InChI=1S/C23H18BrClN4O2/c1-29-19-12-9-16(25)13-18(19)20(14-5-3-2-4-6-14)27-21(22(29)30)28-23(31)26-17-10-7-15(24)8-11-17/h2-13,21H,1H3,(H2,26,28,31). The third-order valence-electron chi connectivity index (χ3n) is 4.81. The first kappa shape index (κ1) is 21.1. The van der Waals surface area contributed by atoms with E-state index in [0.717, 1.165) is 10.0 Å². The summed E-state index contributed by atoms with van der Waals surface area (Å²) in [5.74, 6) is -0.361. The van der Waals surface area contributed by atoms with Crippen molar-refractivity contribution in [1.29, 1.82) is 0 Å². The van der Waals surface area contributed by atoms with E-state index in [1.807, 2.05) is 42.5 Å². The Hall–Kier alpha value is -3.16. The van der Waals surface area contributed by atoms with E-state index in [2.05, 4.69) is 31.6 Å². The minimum atomic E-state index is -1.11. The maximum absolute atomic E-state index is 13.1. The molecule has 0 spiro atoms. The summed E-state index contributed by atoms with van der Waals surface area (Å²) in [6.07, 6.45) is -1.11. The molecule has 4 rings (SSSR count). The molecule has 3 aromatic rings. The zero-order chi connectivity index (χ0) is 22.0. The molecule has 1 unspecified atom stereocenters. The lowest BCUT2D eigenvalue weighted by molar-refractivity contribution is -0.119. The molecule has 0 bridgehead atoms. The van der Waals surface area contributed by atoms with Gasteiger partial charge >= 0.3 is 6.03 Å². The Morgan fingerprint density at radius 2 is 1.77 bits per heavy atom. The van der Waals surface area contributed by atoms with Gasteiger partial charge in [-0.05, 0) is 42.5 Å². The Morgan fingerprint density at radius 3 is 2.48 bits per heavy atom. The molecule has 0 aromatic heterocycles. The first-order chi connectivity index (χ1) is 14.9. The molecular formula is C23H18BrClN4O2. The van der Waals surface area contributed by atoms with Crippen LogP contribution in [0.1, 0.15) is 11.1 Å². The van der Waals surface area contributed by atoms with Gasteiger partial charge in [-0.25, -0.2) is 9.79 Å². The molecule has 6 nitrogen and oxygen atoms in total. The van der Waals surface area contributed by atoms with E-state index >= 15 is 0 Å². The molecule has 0 saturated heterocycles. The molecule has 1 aliphatic heterocycles. The summed E-state index contributed by atoms with van der Waals surface area (Å²) in [5.41, 5.74) is 3.36. The van der Waals surface area contributed by atoms with E-state index in [1.54, 1.807) is 37.4 Å². The molecule has 0 fully saturated rings. The molecule has 0 saturated carbocycles. The number of carbonyl (C=O) groups is 2. The lowest BCUT2D eigenvalue weighted by atomic mass is 10.0. The van der Waals surface area contributed by atoms with E-state index in [-0.39, 0.29) is 5.91 Å². The van der Waals surface area contributed by atoms with Crippen LogP contribution in [0.3, 0.4) is 0 Å². The predicted molar refractivity (Wildman–Crippen MR) is 127 cm³/mol. The van der Waals surface area contributed by atoms with Crippen LogP contribution in [0.5, 0.6) is 0 Å². The van der Waals surface area contributed by atoms with E-state index < -0.39 is 12.2 Å². The number of benzene rings is 3. The second kappa shape index (κ2) is 8.91. The number of halogens is 2. The number of nitrogens with zero attached hydrogens (tertiary/aromatic N) is 2. The number of rotatable bonds is 3. The van der Waals surface area contributed by atoms with Crippen LogP contribution in [0.4, 0.5) is 16.2 Å². The number of fused-ring (bicyclic) bond motifs is 1. The van der Waals surface area contributed by atoms with E-state index in [4.69, 9.17) is 11.6 Å². The second-order valence-electron chi connectivity index (χ2n) is 6.91. The van der Waals surface area contributed by atoms with Gasteiger partial charge in [0.2, 0.25) is 6.17 Å². The highest BCUT2D eigenvalue weighted by molar-refractivity contribution is 9.10. The van der Waals surface area contributed by atoms with Crippen molar-refractivity contribution in [2.75, 3.05) is 17.3 Å². The minimum Gasteiger partial charge on any atom is -0.311 e. The largest absolute Gasteiger partial charge is 0.321 e. The van der Waals surface area contributed by atoms with Crippen molar-refractivity contribution in [1.82, 2.24) is 5.32 Å². The van der Waals surface area contributed by atoms with Crippen LogP contribution in [-0.4, -0.2) is 30.9 Å². The van der Waals surface area contributed by atoms with Crippen molar-refractivity contribution in [2.24, 2.45) is 4.99 Å². The fourth-order valence-corrected chi connectivity index (χ4v) is 3.73. The van der Waals surface area contributed by atoms with Crippen molar-refractivity contribution < 1.29 is 9.59 Å². The zero-order valence-electron chi connectivity index (χ0n) is 16.5. The highest BCUT2D eigenvalue weighted by Gasteiger charge is 2.31. The van der Waals surface area contributed by atoms with Gasteiger partial charge in [0.05, 0.1) is 11.4 Å². The summed E-state index contributed by atoms with van der Waals surface area (Å²) < 4.78 is 0.896. The van der Waals surface area contributed by atoms with Crippen molar-refractivity contribution >= 4 is 56.6 Å². The van der Waals surface area contributed by atoms with Gasteiger partial charge in [-0.2, -0.15) is 0 Å². The smallest absolute Gasteiger partial charge is 0.311 e. The van der Waals surface area contributed by atoms with Gasteiger partial charge in [0, 0.05) is 33.4 Å². The average molecular weight is 498 g/mol. The monoisotopic (exact) mass is 496 g/mol. The number of amides is 3. The van der Waals surface area contributed by atoms with Gasteiger partial charge in [-0.1, -0.05) is 57.9 Å². The molecule has 156 valence electrons. The Bertz CT molecular complexity index is 1170. The lowest BCUT2D eigenvalue weighted by Crippen LogP contribution is -2.47. The quantitative estimate of drug-likeness (QED) is 0.530. The summed E-state index contributed by atoms with van der Waals surface area (Å²) in [6, 6.07) is 21.3. The van der Waals surface area contributed by atoms with E-state index in [9.17, 15) is 9.59 Å². The van der Waals surface area contributed by atoms with Gasteiger partial charge in [0.15, 0.2) is 0 Å². The van der Waals surface area contributed by atoms with Crippen molar-refractivity contribution in [3.05, 3.63) is 93.4 Å². The zero-order valence-corrected chi connectivity index (χ0v) is 18.8. The van der Waals surface area contributed by atoms with E-state index in [1.165, 1.54) is 4.90 Å². The fraction of sp³-hybridized carbons (Fsp3) is 0.0870. The van der Waals surface area contributed by atoms with Gasteiger partial charge < -0.3 is 15.5 Å². The molecule has 0 aliphatic carbocycles. The molecule has 0 radical (unpaired) electrons. The number of benzodiazepines with no additional fused rings is 1. The van der Waals surface area contributed by atoms with Crippen LogP contribution in [0.25, 0.3) is 0 Å². The highest BCUT2D eigenvalue weighted by atomic mass is 79.9. The van der Waals surface area contributed by atoms with Crippen LogP contribution in [0.15, 0.2) is 82.3 Å². The average Bonchev–Trinajstić information content (AvgIpc) is 2.86. The molecular weight excluding hydrogens is 480 g/mol. The third kappa shape index (κ3) is 4.62. The Labute approximate surface area is 193 Å². The van der Waals surface area contributed by atoms with Crippen molar-refractivity contribution in [2.45, 2.75) is 6.17 Å². The summed E-state index contributed by atoms with van der Waals surface area (Å²) in [4.78, 5) is 31.9. The molecule has 3 amide bonds. The first-order valence-corrected chi connectivity index (χ1v) is 10.6. The highest BCUT2D eigenvalue weighted by Crippen LogP contribution is 2.29. The van der Waals surface area contributed by atoms with Crippen LogP contribution in [0, 0.1) is 0 Å². The Balaban J connectivity index is 1.70. The number of carbonyl (C=O) groups excluding carboxylic acids is 2. The van der Waals surface area contributed by atoms with Crippen molar-refractivity contribution in [3.8, 4) is 0 Å². The minimum absolute atomic E-state index is 0.361. The summed E-state index contributed by atoms with van der Waals surface area (Å²) in [5, 5.41) is 5.93.